The molecule has 6 heteroatoms. The Balaban J connectivity index is 2.74. The van der Waals surface area contributed by atoms with Crippen LogP contribution in [0.3, 0.4) is 0 Å². The smallest absolute Gasteiger partial charge is 0.208 e. The summed E-state index contributed by atoms with van der Waals surface area (Å²) < 4.78 is 10.1. The topological polar surface area (TPSA) is 120 Å². The van der Waals surface area contributed by atoms with Crippen LogP contribution in [0.15, 0.2) is 40.5 Å². The number of anilines is 1. The zero-order valence-electron chi connectivity index (χ0n) is 11.6. The number of hydrogen-bond acceptors (Lipinski definition) is 6. The molecule has 0 saturated carbocycles. The quantitative estimate of drug-likeness (QED) is 0.867. The summed E-state index contributed by atoms with van der Waals surface area (Å²) in [4.78, 5) is 0. The van der Waals surface area contributed by atoms with Crippen molar-refractivity contribution < 1.29 is 9.15 Å². The van der Waals surface area contributed by atoms with Crippen molar-refractivity contribution in [3.63, 3.8) is 0 Å². The summed E-state index contributed by atoms with van der Waals surface area (Å²) in [6, 6.07) is 12.3. The van der Waals surface area contributed by atoms with E-state index in [0.717, 1.165) is 0 Å². The maximum absolute atomic E-state index is 9.19. The zero-order valence-corrected chi connectivity index (χ0v) is 11.6. The predicted molar refractivity (Wildman–Crippen MR) is 78.1 cm³/mol. The third-order valence-electron chi connectivity index (χ3n) is 3.05. The van der Waals surface area contributed by atoms with Crippen LogP contribution in [-0.2, 0) is 0 Å². The Bertz CT molecular complexity index is 840. The average molecular weight is 290 g/mol. The van der Waals surface area contributed by atoms with Crippen molar-refractivity contribution in [1.82, 2.24) is 0 Å². The van der Waals surface area contributed by atoms with Crippen LogP contribution in [0.2, 0.25) is 0 Å². The molecule has 22 heavy (non-hydrogen) atoms. The van der Waals surface area contributed by atoms with Gasteiger partial charge < -0.3 is 14.9 Å². The molecular weight excluding hydrogens is 280 g/mol. The molecule has 0 aliphatic rings. The van der Waals surface area contributed by atoms with E-state index in [0.29, 0.717) is 22.4 Å². The van der Waals surface area contributed by atoms with Gasteiger partial charge >= 0.3 is 0 Å². The highest BCUT2D eigenvalue weighted by atomic mass is 16.5. The standard InChI is InChI=1S/C16H10N4O2/c1-21-12-4-2-10(3-5-12)15(11(6-17)7-18)14-9-22-16(20)13(14)8-19/h2-5,9H,20H2,1H3. The van der Waals surface area contributed by atoms with Crippen LogP contribution in [0, 0.1) is 34.0 Å². The fourth-order valence-corrected chi connectivity index (χ4v) is 2.00. The number of furan rings is 1. The van der Waals surface area contributed by atoms with Gasteiger partial charge in [0.1, 0.15) is 41.4 Å². The van der Waals surface area contributed by atoms with Gasteiger partial charge in [0, 0.05) is 11.1 Å². The third-order valence-corrected chi connectivity index (χ3v) is 3.05. The minimum absolute atomic E-state index is 0.0567. The Morgan fingerprint density at radius 2 is 1.77 bits per heavy atom. The first-order valence-corrected chi connectivity index (χ1v) is 6.12. The first-order valence-electron chi connectivity index (χ1n) is 6.12. The van der Waals surface area contributed by atoms with Gasteiger partial charge in [-0.1, -0.05) is 12.1 Å². The van der Waals surface area contributed by atoms with Crippen molar-refractivity contribution in [3.8, 4) is 24.0 Å². The SMILES string of the molecule is COc1ccc(C(=C(C#N)C#N)c2coc(N)c2C#N)cc1. The summed E-state index contributed by atoms with van der Waals surface area (Å²) in [5, 5.41) is 27.6. The molecule has 0 aliphatic heterocycles. The van der Waals surface area contributed by atoms with Crippen molar-refractivity contribution in [1.29, 1.82) is 15.8 Å². The number of rotatable bonds is 3. The Morgan fingerprint density at radius 1 is 1.14 bits per heavy atom. The molecule has 106 valence electrons. The van der Waals surface area contributed by atoms with Crippen molar-refractivity contribution in [2.24, 2.45) is 0 Å². The van der Waals surface area contributed by atoms with Crippen LogP contribution >= 0.6 is 0 Å². The lowest BCUT2D eigenvalue weighted by molar-refractivity contribution is 0.415. The van der Waals surface area contributed by atoms with Gasteiger partial charge in [0.25, 0.3) is 0 Å². The molecule has 1 aromatic carbocycles. The second kappa shape index (κ2) is 6.17. The van der Waals surface area contributed by atoms with E-state index in [-0.39, 0.29) is 17.0 Å². The van der Waals surface area contributed by atoms with Gasteiger partial charge in [0.15, 0.2) is 0 Å². The number of allylic oxidation sites excluding steroid dienone is 1. The summed E-state index contributed by atoms with van der Waals surface area (Å²) in [5.41, 5.74) is 6.74. The molecular formula is C16H10N4O2. The molecule has 0 unspecified atom stereocenters. The van der Waals surface area contributed by atoms with E-state index in [1.165, 1.54) is 13.4 Å². The first-order chi connectivity index (χ1) is 10.7. The molecule has 0 spiro atoms. The Labute approximate surface area is 126 Å². The molecule has 0 fully saturated rings. The number of nitrogens with two attached hydrogens (primary N) is 1. The van der Waals surface area contributed by atoms with E-state index in [2.05, 4.69) is 0 Å². The molecule has 1 heterocycles. The highest BCUT2D eigenvalue weighted by molar-refractivity contribution is 5.89. The predicted octanol–water partition coefficient (Wildman–Crippen LogP) is 2.59. The van der Waals surface area contributed by atoms with Crippen LogP contribution in [-0.4, -0.2) is 7.11 Å². The number of nitrogens with zero attached hydrogens (tertiary/aromatic N) is 3. The first kappa shape index (κ1) is 14.7. The van der Waals surface area contributed by atoms with Crippen LogP contribution in [0.25, 0.3) is 5.57 Å². The average Bonchev–Trinajstić information content (AvgIpc) is 2.93. The molecule has 0 aliphatic carbocycles. The molecule has 0 atom stereocenters. The summed E-state index contributed by atoms with van der Waals surface area (Å²) in [5.74, 6) is 0.574. The summed E-state index contributed by atoms with van der Waals surface area (Å²) >= 11 is 0. The number of benzene rings is 1. The Morgan fingerprint density at radius 3 is 2.27 bits per heavy atom. The summed E-state index contributed by atoms with van der Waals surface area (Å²) in [6.07, 6.45) is 1.27. The lowest BCUT2D eigenvalue weighted by Gasteiger charge is -2.07. The lowest BCUT2D eigenvalue weighted by Crippen LogP contribution is -1.95. The van der Waals surface area contributed by atoms with Crippen molar-refractivity contribution in [2.75, 3.05) is 12.8 Å². The molecule has 2 aromatic rings. The number of methoxy groups -OCH3 is 1. The molecule has 0 radical (unpaired) electrons. The number of ether oxygens (including phenoxy) is 1. The van der Waals surface area contributed by atoms with E-state index in [1.807, 2.05) is 18.2 Å². The van der Waals surface area contributed by atoms with Gasteiger partial charge in [-0.2, -0.15) is 15.8 Å². The molecule has 1 aromatic heterocycles. The zero-order chi connectivity index (χ0) is 16.1. The number of nitrogen functional groups attached to an aromatic ring is 1. The number of nitriles is 3. The van der Waals surface area contributed by atoms with Gasteiger partial charge in [-0.15, -0.1) is 0 Å². The highest BCUT2D eigenvalue weighted by Crippen LogP contribution is 2.33. The maximum Gasteiger partial charge on any atom is 0.208 e. The van der Waals surface area contributed by atoms with E-state index in [9.17, 15) is 15.8 Å². The number of hydrogen-bond donors (Lipinski definition) is 1. The second-order valence-corrected chi connectivity index (χ2v) is 4.20. The van der Waals surface area contributed by atoms with Crippen molar-refractivity contribution in [2.45, 2.75) is 0 Å². The Hall–Kier alpha value is -3.69. The van der Waals surface area contributed by atoms with Crippen LogP contribution in [0.1, 0.15) is 16.7 Å². The second-order valence-electron chi connectivity index (χ2n) is 4.20. The largest absolute Gasteiger partial charge is 0.497 e. The normalized spacial score (nSPS) is 9.18. The molecule has 2 N–H and O–H groups in total. The van der Waals surface area contributed by atoms with E-state index < -0.39 is 0 Å². The molecule has 6 nitrogen and oxygen atoms in total. The fraction of sp³-hybridized carbons (Fsp3) is 0.0625. The van der Waals surface area contributed by atoms with Gasteiger partial charge in [-0.05, 0) is 17.7 Å². The highest BCUT2D eigenvalue weighted by Gasteiger charge is 2.20. The van der Waals surface area contributed by atoms with Crippen molar-refractivity contribution >= 4 is 11.5 Å². The Kier molecular flexibility index (Phi) is 4.13. The fourth-order valence-electron chi connectivity index (χ4n) is 2.00. The third kappa shape index (κ3) is 2.47. The van der Waals surface area contributed by atoms with E-state index >= 15 is 0 Å². The van der Waals surface area contributed by atoms with Crippen LogP contribution in [0.4, 0.5) is 5.88 Å². The van der Waals surface area contributed by atoms with Gasteiger partial charge in [-0.25, -0.2) is 0 Å². The molecule has 2 rings (SSSR count). The summed E-state index contributed by atoms with van der Waals surface area (Å²) in [6.45, 7) is 0. The molecule has 0 bridgehead atoms. The maximum atomic E-state index is 9.19. The van der Waals surface area contributed by atoms with Gasteiger partial charge in [-0.3, -0.25) is 0 Å². The van der Waals surface area contributed by atoms with Crippen molar-refractivity contribution in [3.05, 3.63) is 52.8 Å². The monoisotopic (exact) mass is 290 g/mol. The summed E-state index contributed by atoms with van der Waals surface area (Å²) in [7, 11) is 1.53. The molecule has 0 saturated heterocycles. The van der Waals surface area contributed by atoms with Gasteiger partial charge in [0.05, 0.1) is 7.11 Å². The molecule has 0 amide bonds. The van der Waals surface area contributed by atoms with Gasteiger partial charge in [0.2, 0.25) is 5.88 Å². The lowest BCUT2D eigenvalue weighted by atomic mass is 9.93. The van der Waals surface area contributed by atoms with E-state index in [4.69, 9.17) is 14.9 Å². The van der Waals surface area contributed by atoms with Crippen LogP contribution < -0.4 is 10.5 Å². The van der Waals surface area contributed by atoms with Crippen LogP contribution in [0.5, 0.6) is 5.75 Å². The minimum Gasteiger partial charge on any atom is -0.497 e. The van der Waals surface area contributed by atoms with E-state index in [1.54, 1.807) is 24.3 Å². The minimum atomic E-state index is -0.137.